The van der Waals surface area contributed by atoms with E-state index in [9.17, 15) is 14.9 Å². The van der Waals surface area contributed by atoms with Crippen molar-refractivity contribution in [1.82, 2.24) is 10.2 Å². The van der Waals surface area contributed by atoms with Gasteiger partial charge < -0.3 is 10.2 Å². The monoisotopic (exact) mass is 421 g/mol. The Morgan fingerprint density at radius 2 is 1.96 bits per heavy atom. The Balaban J connectivity index is 0.00000280. The molecule has 0 radical (unpaired) electrons. The smallest absolute Gasteiger partial charge is 0.284 e. The zero-order valence-corrected chi connectivity index (χ0v) is 17.5. The van der Waals surface area contributed by atoms with Crippen LogP contribution in [0.15, 0.2) is 52.3 Å². The number of nitrogens with zero attached hydrogens (tertiary/aromatic N) is 2. The molecule has 0 aliphatic carbocycles. The minimum atomic E-state index is -0.417. The Labute approximate surface area is 175 Å². The van der Waals surface area contributed by atoms with E-state index < -0.39 is 4.92 Å². The number of amides is 1. The van der Waals surface area contributed by atoms with Crippen molar-refractivity contribution in [2.24, 2.45) is 0 Å². The Hall–Kier alpha value is -2.09. The fourth-order valence-electron chi connectivity index (χ4n) is 3.19. The van der Waals surface area contributed by atoms with E-state index in [0.717, 1.165) is 23.3 Å². The largest absolute Gasteiger partial charge is 0.337 e. The van der Waals surface area contributed by atoms with Gasteiger partial charge in [-0.15, -0.1) is 12.4 Å². The van der Waals surface area contributed by atoms with Gasteiger partial charge in [-0.2, -0.15) is 0 Å². The highest BCUT2D eigenvalue weighted by molar-refractivity contribution is 7.99. The second-order valence-corrected chi connectivity index (χ2v) is 7.85. The summed E-state index contributed by atoms with van der Waals surface area (Å²) in [7, 11) is 1.89. The van der Waals surface area contributed by atoms with Crippen LogP contribution >= 0.6 is 24.2 Å². The van der Waals surface area contributed by atoms with Crippen molar-refractivity contribution >= 4 is 35.8 Å². The minimum absolute atomic E-state index is 0. The molecule has 2 aromatic carbocycles. The molecule has 1 fully saturated rings. The van der Waals surface area contributed by atoms with E-state index in [-0.39, 0.29) is 30.0 Å². The van der Waals surface area contributed by atoms with Gasteiger partial charge in [0.1, 0.15) is 0 Å². The Kier molecular flexibility index (Phi) is 7.86. The Bertz CT molecular complexity index is 845. The number of rotatable bonds is 5. The van der Waals surface area contributed by atoms with Crippen molar-refractivity contribution in [3.8, 4) is 0 Å². The molecule has 150 valence electrons. The number of hydrogen-bond acceptors (Lipinski definition) is 5. The van der Waals surface area contributed by atoms with Crippen LogP contribution in [0.25, 0.3) is 0 Å². The third kappa shape index (κ3) is 5.25. The number of halogens is 1. The van der Waals surface area contributed by atoms with Crippen molar-refractivity contribution in [1.29, 1.82) is 0 Å². The van der Waals surface area contributed by atoms with Crippen LogP contribution in [0.3, 0.4) is 0 Å². The molecule has 0 bridgehead atoms. The van der Waals surface area contributed by atoms with Gasteiger partial charge in [-0.05, 0) is 51.1 Å². The highest BCUT2D eigenvalue weighted by Crippen LogP contribution is 2.35. The third-order valence-corrected chi connectivity index (χ3v) is 5.84. The third-order valence-electron chi connectivity index (χ3n) is 4.77. The van der Waals surface area contributed by atoms with E-state index in [0.29, 0.717) is 23.5 Å². The summed E-state index contributed by atoms with van der Waals surface area (Å²) in [4.78, 5) is 27.2. The lowest BCUT2D eigenvalue weighted by molar-refractivity contribution is -0.387. The molecule has 1 saturated heterocycles. The summed E-state index contributed by atoms with van der Waals surface area (Å²) in [6, 6.07) is 12.9. The molecule has 8 heteroatoms. The molecule has 1 aliphatic rings. The molecule has 1 N–H and O–H groups in total. The van der Waals surface area contributed by atoms with E-state index >= 15 is 0 Å². The van der Waals surface area contributed by atoms with Crippen molar-refractivity contribution in [2.75, 3.05) is 20.1 Å². The second-order valence-electron chi connectivity index (χ2n) is 6.73. The summed E-state index contributed by atoms with van der Waals surface area (Å²) in [5.41, 5.74) is 1.47. The number of carbonyl (C=O) groups is 1. The summed E-state index contributed by atoms with van der Waals surface area (Å²) in [5, 5.41) is 14.8. The lowest BCUT2D eigenvalue weighted by Gasteiger charge is -2.32. The zero-order valence-electron chi connectivity index (χ0n) is 15.9. The maximum Gasteiger partial charge on any atom is 0.284 e. The predicted molar refractivity (Wildman–Crippen MR) is 114 cm³/mol. The first kappa shape index (κ1) is 22.2. The van der Waals surface area contributed by atoms with Crippen LogP contribution in [0.2, 0.25) is 0 Å². The number of carbonyl (C=O) groups excluding carboxylic acids is 1. The summed E-state index contributed by atoms with van der Waals surface area (Å²) < 4.78 is 0. The van der Waals surface area contributed by atoms with Crippen LogP contribution in [0, 0.1) is 17.0 Å². The summed E-state index contributed by atoms with van der Waals surface area (Å²) in [6.45, 7) is 3.31. The molecule has 0 aromatic heterocycles. The van der Waals surface area contributed by atoms with Crippen molar-refractivity contribution in [3.05, 3.63) is 63.7 Å². The highest BCUT2D eigenvalue weighted by Gasteiger charge is 2.25. The van der Waals surface area contributed by atoms with Gasteiger partial charge in [0.15, 0.2) is 0 Å². The molecule has 3 rings (SSSR count). The van der Waals surface area contributed by atoms with Crippen LogP contribution in [0.5, 0.6) is 0 Å². The molecule has 1 aliphatic heterocycles. The van der Waals surface area contributed by atoms with E-state index in [1.807, 2.05) is 38.2 Å². The Morgan fingerprint density at radius 3 is 2.61 bits per heavy atom. The SMILES string of the molecule is CNC1CCCN(C(=O)c2ccc(Sc3ccc(C)cc3)c([N+](=O)[O-])c2)C1.Cl. The number of nitro benzene ring substituents is 1. The number of benzene rings is 2. The summed E-state index contributed by atoms with van der Waals surface area (Å²) in [6.07, 6.45) is 1.97. The Morgan fingerprint density at radius 1 is 1.25 bits per heavy atom. The van der Waals surface area contributed by atoms with Crippen molar-refractivity contribution in [3.63, 3.8) is 0 Å². The molecule has 1 atom stereocenters. The number of hydrogen-bond donors (Lipinski definition) is 1. The van der Waals surface area contributed by atoms with Gasteiger partial charge in [-0.25, -0.2) is 0 Å². The van der Waals surface area contributed by atoms with Crippen LogP contribution in [-0.4, -0.2) is 41.9 Å². The molecule has 1 heterocycles. The number of aryl methyl sites for hydroxylation is 1. The molecule has 2 aromatic rings. The van der Waals surface area contributed by atoms with Gasteiger partial charge in [0.2, 0.25) is 0 Å². The van der Waals surface area contributed by atoms with E-state index in [1.54, 1.807) is 17.0 Å². The van der Waals surface area contributed by atoms with Gasteiger partial charge in [-0.3, -0.25) is 14.9 Å². The van der Waals surface area contributed by atoms with Gasteiger partial charge in [0.05, 0.1) is 9.82 Å². The molecular formula is C20H24ClN3O3S. The van der Waals surface area contributed by atoms with Gasteiger partial charge in [-0.1, -0.05) is 29.5 Å². The number of piperidine rings is 1. The van der Waals surface area contributed by atoms with Crippen LogP contribution in [0.1, 0.15) is 28.8 Å². The van der Waals surface area contributed by atoms with Crippen LogP contribution in [0.4, 0.5) is 5.69 Å². The van der Waals surface area contributed by atoms with Gasteiger partial charge in [0, 0.05) is 35.7 Å². The van der Waals surface area contributed by atoms with E-state index in [2.05, 4.69) is 5.32 Å². The normalized spacial score (nSPS) is 16.4. The fraction of sp³-hybridized carbons (Fsp3) is 0.350. The van der Waals surface area contributed by atoms with Crippen molar-refractivity contribution < 1.29 is 9.72 Å². The predicted octanol–water partition coefficient (Wildman–Crippen LogP) is 4.30. The van der Waals surface area contributed by atoms with E-state index in [1.165, 1.54) is 17.8 Å². The fourth-order valence-corrected chi connectivity index (χ4v) is 4.09. The maximum atomic E-state index is 12.8. The highest BCUT2D eigenvalue weighted by atomic mass is 35.5. The summed E-state index contributed by atoms with van der Waals surface area (Å²) >= 11 is 1.33. The van der Waals surface area contributed by atoms with Crippen molar-refractivity contribution in [2.45, 2.75) is 35.6 Å². The van der Waals surface area contributed by atoms with Gasteiger partial charge in [0.25, 0.3) is 11.6 Å². The standard InChI is InChI=1S/C20H23N3O3S.ClH/c1-14-5-8-17(9-6-14)27-19-10-7-15(12-18(19)23(25)26)20(24)22-11-3-4-16(13-22)21-2;/h5-10,12,16,21H,3-4,11,13H2,1-2H3;1H. The van der Waals surface area contributed by atoms with Crippen LogP contribution in [-0.2, 0) is 0 Å². The molecule has 0 spiro atoms. The average Bonchev–Trinajstić information content (AvgIpc) is 2.69. The first-order valence-electron chi connectivity index (χ1n) is 8.97. The van der Waals surface area contributed by atoms with Crippen LogP contribution < -0.4 is 5.32 Å². The first-order valence-corrected chi connectivity index (χ1v) is 9.79. The molecule has 1 amide bonds. The maximum absolute atomic E-state index is 12.8. The van der Waals surface area contributed by atoms with E-state index in [4.69, 9.17) is 0 Å². The molecule has 6 nitrogen and oxygen atoms in total. The average molecular weight is 422 g/mol. The second kappa shape index (κ2) is 9.91. The number of nitrogens with one attached hydrogen (secondary N) is 1. The lowest BCUT2D eigenvalue weighted by atomic mass is 10.0. The molecule has 1 unspecified atom stereocenters. The topological polar surface area (TPSA) is 75.5 Å². The van der Waals surface area contributed by atoms with Gasteiger partial charge >= 0.3 is 0 Å². The number of nitro groups is 1. The summed E-state index contributed by atoms with van der Waals surface area (Å²) in [5.74, 6) is -0.148. The molecule has 28 heavy (non-hydrogen) atoms. The number of likely N-dealkylation sites (tertiary alicyclic amines) is 1. The quantitative estimate of drug-likeness (QED) is 0.575. The molecular weight excluding hydrogens is 398 g/mol. The molecule has 0 saturated carbocycles. The number of likely N-dealkylation sites (N-methyl/N-ethyl adjacent to an activating group) is 1. The zero-order chi connectivity index (χ0) is 19.4. The first-order chi connectivity index (χ1) is 13.0. The minimum Gasteiger partial charge on any atom is -0.337 e. The lowest BCUT2D eigenvalue weighted by Crippen LogP contribution is -2.46.